The molecule has 0 spiro atoms. The number of carboxylic acid groups (broad SMARTS) is 1. The maximum Gasteiger partial charge on any atom is 0.341 e. The van der Waals surface area contributed by atoms with E-state index in [4.69, 9.17) is 10.2 Å². The molecule has 162 valence electrons. The predicted octanol–water partition coefficient (Wildman–Crippen LogP) is 3.08. The molecule has 2 unspecified atom stereocenters. The van der Waals surface area contributed by atoms with E-state index in [1.165, 1.54) is 10.8 Å². The van der Waals surface area contributed by atoms with Crippen LogP contribution < -0.4 is 16.1 Å². The number of hydrogen-bond donors (Lipinski definition) is 2. The van der Waals surface area contributed by atoms with Crippen molar-refractivity contribution in [2.45, 2.75) is 24.8 Å². The van der Waals surface area contributed by atoms with Crippen LogP contribution in [0.1, 0.15) is 40.9 Å². The van der Waals surface area contributed by atoms with E-state index in [0.717, 1.165) is 18.9 Å². The Morgan fingerprint density at radius 2 is 2.06 bits per heavy atom. The van der Waals surface area contributed by atoms with Gasteiger partial charge in [-0.3, -0.25) is 4.79 Å². The molecule has 1 aliphatic heterocycles. The van der Waals surface area contributed by atoms with Crippen LogP contribution in [0.3, 0.4) is 0 Å². The van der Waals surface area contributed by atoms with Crippen LogP contribution in [-0.2, 0) is 0 Å². The lowest BCUT2D eigenvalue weighted by molar-refractivity contribution is 0.0694. The van der Waals surface area contributed by atoms with Gasteiger partial charge in [0.05, 0.1) is 17.2 Å². The quantitative estimate of drug-likeness (QED) is 0.646. The first kappa shape index (κ1) is 19.7. The minimum atomic E-state index is -1.42. The lowest BCUT2D eigenvalue weighted by Gasteiger charge is -2.22. The summed E-state index contributed by atoms with van der Waals surface area (Å²) in [5.41, 5.74) is 4.25. The Hall–Kier alpha value is -3.20. The number of nitrogens with two attached hydrogens (primary N) is 1. The standard InChI is InChI=1S/C22H21F2N3O4/c23-16-6-13-19(27(12-3-4-12)10-15(21(13)28)22(29)30)18(24)20(16)26-8-11(7-25)14(9-26)17-2-1-5-31-17/h1-2,5-6,10-12,14H,3-4,7-9,25H2,(H,29,30). The predicted molar refractivity (Wildman–Crippen MR) is 110 cm³/mol. The van der Waals surface area contributed by atoms with Crippen molar-refractivity contribution in [3.8, 4) is 0 Å². The molecule has 1 aromatic carbocycles. The van der Waals surface area contributed by atoms with Crippen LogP contribution in [0.5, 0.6) is 0 Å². The highest BCUT2D eigenvalue weighted by atomic mass is 19.1. The average molecular weight is 429 g/mol. The Bertz CT molecular complexity index is 1230. The van der Waals surface area contributed by atoms with Crippen LogP contribution in [0.2, 0.25) is 0 Å². The molecule has 2 aliphatic rings. The second-order valence-corrected chi connectivity index (χ2v) is 8.26. The van der Waals surface area contributed by atoms with Crippen molar-refractivity contribution in [2.75, 3.05) is 24.5 Å². The van der Waals surface area contributed by atoms with Crippen molar-refractivity contribution in [2.24, 2.45) is 11.7 Å². The third kappa shape index (κ3) is 3.11. The molecule has 5 rings (SSSR count). The van der Waals surface area contributed by atoms with Gasteiger partial charge in [-0.15, -0.1) is 0 Å². The maximum atomic E-state index is 15.8. The van der Waals surface area contributed by atoms with Gasteiger partial charge in [-0.1, -0.05) is 0 Å². The van der Waals surface area contributed by atoms with Gasteiger partial charge in [-0.05, 0) is 37.6 Å². The van der Waals surface area contributed by atoms with Gasteiger partial charge in [0.1, 0.15) is 22.8 Å². The lowest BCUT2D eigenvalue weighted by atomic mass is 9.94. The van der Waals surface area contributed by atoms with Crippen molar-refractivity contribution in [1.82, 2.24) is 4.57 Å². The third-order valence-electron chi connectivity index (χ3n) is 6.32. The van der Waals surface area contributed by atoms with E-state index in [1.54, 1.807) is 17.2 Å². The summed E-state index contributed by atoms with van der Waals surface area (Å²) < 4.78 is 37.9. The zero-order valence-corrected chi connectivity index (χ0v) is 16.6. The lowest BCUT2D eigenvalue weighted by Crippen LogP contribution is -2.26. The smallest absolute Gasteiger partial charge is 0.341 e. The van der Waals surface area contributed by atoms with Gasteiger partial charge >= 0.3 is 5.97 Å². The summed E-state index contributed by atoms with van der Waals surface area (Å²) in [5, 5.41) is 9.10. The second-order valence-electron chi connectivity index (χ2n) is 8.26. The summed E-state index contributed by atoms with van der Waals surface area (Å²) in [4.78, 5) is 25.7. The Balaban J connectivity index is 1.67. The van der Waals surface area contributed by atoms with Crippen LogP contribution in [-0.4, -0.2) is 35.3 Å². The number of carboxylic acids is 1. The number of aromatic carboxylic acids is 1. The molecule has 31 heavy (non-hydrogen) atoms. The number of fused-ring (bicyclic) bond motifs is 1. The van der Waals surface area contributed by atoms with Gasteiger partial charge in [0.25, 0.3) is 0 Å². The Labute approximate surface area is 175 Å². The van der Waals surface area contributed by atoms with Gasteiger partial charge in [0.15, 0.2) is 5.82 Å². The first-order valence-corrected chi connectivity index (χ1v) is 10.2. The maximum absolute atomic E-state index is 15.8. The molecule has 0 radical (unpaired) electrons. The van der Waals surface area contributed by atoms with Crippen molar-refractivity contribution in [3.05, 3.63) is 63.8 Å². The zero-order chi connectivity index (χ0) is 21.9. The molecule has 2 aromatic heterocycles. The fourth-order valence-corrected chi connectivity index (χ4v) is 4.63. The molecule has 9 heteroatoms. The topological polar surface area (TPSA) is 102 Å². The van der Waals surface area contributed by atoms with Gasteiger partial charge in [-0.25, -0.2) is 13.6 Å². The zero-order valence-electron chi connectivity index (χ0n) is 16.6. The summed E-state index contributed by atoms with van der Waals surface area (Å²) >= 11 is 0. The van der Waals surface area contributed by atoms with Crippen molar-refractivity contribution in [3.63, 3.8) is 0 Å². The minimum absolute atomic E-state index is 0.0549. The number of nitrogens with zero attached hydrogens (tertiary/aromatic N) is 2. The van der Waals surface area contributed by atoms with E-state index in [-0.39, 0.29) is 34.5 Å². The summed E-state index contributed by atoms with van der Waals surface area (Å²) in [6.07, 6.45) is 4.20. The van der Waals surface area contributed by atoms with Crippen LogP contribution in [0.15, 0.2) is 39.9 Å². The normalized spacial score (nSPS) is 21.2. The Morgan fingerprint density at radius 1 is 1.29 bits per heavy atom. The monoisotopic (exact) mass is 429 g/mol. The number of rotatable bonds is 5. The van der Waals surface area contributed by atoms with Gasteiger partial charge in [0, 0.05) is 37.2 Å². The van der Waals surface area contributed by atoms with Gasteiger partial charge in [-0.2, -0.15) is 0 Å². The fourth-order valence-electron chi connectivity index (χ4n) is 4.63. The molecule has 2 fully saturated rings. The molecular weight excluding hydrogens is 408 g/mol. The molecule has 3 heterocycles. The number of carbonyl (C=O) groups is 1. The number of hydrogen-bond acceptors (Lipinski definition) is 5. The third-order valence-corrected chi connectivity index (χ3v) is 6.32. The Kier molecular flexibility index (Phi) is 4.58. The molecule has 3 aromatic rings. The molecule has 3 N–H and O–H groups in total. The van der Waals surface area contributed by atoms with E-state index < -0.39 is 28.6 Å². The molecular formula is C22H21F2N3O4. The molecule has 2 atom stereocenters. The summed E-state index contributed by atoms with van der Waals surface area (Å²) in [6.45, 7) is 0.977. The average Bonchev–Trinajstić information content (AvgIpc) is 3.26. The fraction of sp³-hybridized carbons (Fsp3) is 0.364. The van der Waals surface area contributed by atoms with Crippen LogP contribution in [0, 0.1) is 17.6 Å². The highest BCUT2D eigenvalue weighted by Gasteiger charge is 2.38. The largest absolute Gasteiger partial charge is 0.477 e. The molecule has 1 saturated carbocycles. The number of aromatic nitrogens is 1. The molecule has 0 amide bonds. The molecule has 7 nitrogen and oxygen atoms in total. The molecule has 0 bridgehead atoms. The van der Waals surface area contributed by atoms with E-state index in [2.05, 4.69) is 0 Å². The Morgan fingerprint density at radius 3 is 2.68 bits per heavy atom. The number of anilines is 1. The number of halogens is 2. The molecule has 1 aliphatic carbocycles. The summed E-state index contributed by atoms with van der Waals surface area (Å²) in [5.74, 6) is -2.64. The second kappa shape index (κ2) is 7.19. The van der Waals surface area contributed by atoms with Crippen LogP contribution in [0.4, 0.5) is 14.5 Å². The van der Waals surface area contributed by atoms with E-state index in [1.807, 2.05) is 6.07 Å². The van der Waals surface area contributed by atoms with E-state index in [9.17, 15) is 14.7 Å². The minimum Gasteiger partial charge on any atom is -0.477 e. The number of furan rings is 1. The van der Waals surface area contributed by atoms with Crippen molar-refractivity contribution in [1.29, 1.82) is 0 Å². The van der Waals surface area contributed by atoms with Crippen molar-refractivity contribution >= 4 is 22.6 Å². The van der Waals surface area contributed by atoms with Gasteiger partial charge in [0.2, 0.25) is 5.43 Å². The first-order valence-electron chi connectivity index (χ1n) is 10.2. The number of pyridine rings is 1. The summed E-state index contributed by atoms with van der Waals surface area (Å²) in [7, 11) is 0. The van der Waals surface area contributed by atoms with Crippen molar-refractivity contribution < 1.29 is 23.1 Å². The highest BCUT2D eigenvalue weighted by molar-refractivity contribution is 5.94. The SMILES string of the molecule is NCC1CN(c2c(F)cc3c(=O)c(C(=O)O)cn(C4CC4)c3c2F)CC1c1ccco1. The highest BCUT2D eigenvalue weighted by Crippen LogP contribution is 2.42. The van der Waals surface area contributed by atoms with Crippen LogP contribution >= 0.6 is 0 Å². The first-order chi connectivity index (χ1) is 14.9. The van der Waals surface area contributed by atoms with Gasteiger partial charge < -0.3 is 24.7 Å². The van der Waals surface area contributed by atoms with E-state index >= 15 is 8.78 Å². The number of benzene rings is 1. The van der Waals surface area contributed by atoms with E-state index in [0.29, 0.717) is 25.4 Å². The van der Waals surface area contributed by atoms with Crippen LogP contribution in [0.25, 0.3) is 10.9 Å². The molecule has 1 saturated heterocycles. The summed E-state index contributed by atoms with van der Waals surface area (Å²) in [6, 6.07) is 4.43.